The molecular weight excluding hydrogens is 287 g/mol. The summed E-state index contributed by atoms with van der Waals surface area (Å²) in [4.78, 5) is 0.181. The van der Waals surface area contributed by atoms with Crippen molar-refractivity contribution in [3.8, 4) is 12.3 Å². The van der Waals surface area contributed by atoms with Gasteiger partial charge in [-0.3, -0.25) is 0 Å². The minimum atomic E-state index is -4.29. The minimum Gasteiger partial charge on any atom is -0.369 e. The predicted octanol–water partition coefficient (Wildman–Crippen LogP) is 2.92. The van der Waals surface area contributed by atoms with Gasteiger partial charge >= 0.3 is 6.18 Å². The van der Waals surface area contributed by atoms with E-state index in [2.05, 4.69) is 11.2 Å². The van der Waals surface area contributed by atoms with Gasteiger partial charge in [-0.25, -0.2) is 0 Å². The summed E-state index contributed by atoms with van der Waals surface area (Å²) < 4.78 is 44.6. The number of ether oxygens (including phenoxy) is 1. The van der Waals surface area contributed by atoms with Crippen molar-refractivity contribution in [2.24, 2.45) is 0 Å². The Morgan fingerprint density at radius 3 is 3.00 bits per heavy atom. The number of piperidine rings is 1. The van der Waals surface area contributed by atoms with Crippen molar-refractivity contribution in [2.75, 3.05) is 13.2 Å². The molecule has 1 unspecified atom stereocenters. The van der Waals surface area contributed by atoms with Crippen LogP contribution in [0, 0.1) is 12.3 Å². The number of alkyl halides is 3. The first-order valence-electron chi connectivity index (χ1n) is 6.48. The first kappa shape index (κ1) is 13.9. The molecule has 2 aliphatic heterocycles. The molecule has 108 valence electrons. The Balaban J connectivity index is 2.01. The number of fused-ring (bicyclic) bond motifs is 2. The first-order chi connectivity index (χ1) is 9.44. The van der Waals surface area contributed by atoms with Gasteiger partial charge in [0.2, 0.25) is 0 Å². The number of halogens is 3. The molecular formula is C14H14F3NOS. The number of terminal acetylenes is 1. The normalized spacial score (nSPS) is 30.0. The van der Waals surface area contributed by atoms with Crippen LogP contribution in [0.2, 0.25) is 0 Å². The van der Waals surface area contributed by atoms with E-state index in [-0.39, 0.29) is 6.04 Å². The number of hydrogen-bond acceptors (Lipinski definition) is 3. The van der Waals surface area contributed by atoms with Crippen LogP contribution < -0.4 is 5.32 Å². The van der Waals surface area contributed by atoms with Crippen LogP contribution in [0.25, 0.3) is 0 Å². The monoisotopic (exact) mass is 301 g/mol. The summed E-state index contributed by atoms with van der Waals surface area (Å²) in [5.74, 6) is 2.63. The second kappa shape index (κ2) is 4.76. The van der Waals surface area contributed by atoms with Crippen LogP contribution in [-0.2, 0) is 22.9 Å². The predicted molar refractivity (Wildman–Crippen MR) is 70.5 cm³/mol. The Bertz CT molecular complexity index is 560. The molecule has 0 saturated carbocycles. The van der Waals surface area contributed by atoms with E-state index in [1.54, 1.807) is 0 Å². The molecule has 0 radical (unpaired) electrons. The van der Waals surface area contributed by atoms with E-state index < -0.39 is 16.7 Å². The van der Waals surface area contributed by atoms with Crippen molar-refractivity contribution in [2.45, 2.75) is 37.1 Å². The van der Waals surface area contributed by atoms with Gasteiger partial charge in [0, 0.05) is 11.3 Å². The average Bonchev–Trinajstić information content (AvgIpc) is 2.85. The molecule has 20 heavy (non-hydrogen) atoms. The molecule has 1 spiro atoms. The highest BCUT2D eigenvalue weighted by Gasteiger charge is 2.45. The van der Waals surface area contributed by atoms with Crippen LogP contribution >= 0.6 is 11.3 Å². The SMILES string of the molecule is C#CC1C[C@]2(CCN1)OCCc1cc(C(F)(F)F)sc12. The zero-order valence-corrected chi connectivity index (χ0v) is 11.5. The number of rotatable bonds is 0. The molecule has 2 atom stereocenters. The number of hydrogen-bond donors (Lipinski definition) is 1. The lowest BCUT2D eigenvalue weighted by atomic mass is 9.83. The summed E-state index contributed by atoms with van der Waals surface area (Å²) in [5, 5.41) is 3.17. The van der Waals surface area contributed by atoms with Crippen LogP contribution in [0.4, 0.5) is 13.2 Å². The molecule has 1 aromatic rings. The van der Waals surface area contributed by atoms with E-state index in [0.29, 0.717) is 32.4 Å². The highest BCUT2D eigenvalue weighted by molar-refractivity contribution is 7.12. The smallest absolute Gasteiger partial charge is 0.369 e. The van der Waals surface area contributed by atoms with Crippen molar-refractivity contribution in [1.29, 1.82) is 0 Å². The maximum atomic E-state index is 12.9. The van der Waals surface area contributed by atoms with Gasteiger partial charge in [-0.05, 0) is 31.0 Å². The van der Waals surface area contributed by atoms with Crippen molar-refractivity contribution in [3.63, 3.8) is 0 Å². The van der Waals surface area contributed by atoms with Gasteiger partial charge in [-0.1, -0.05) is 5.92 Å². The van der Waals surface area contributed by atoms with Crippen LogP contribution in [0.3, 0.4) is 0 Å². The van der Waals surface area contributed by atoms with E-state index in [9.17, 15) is 13.2 Å². The summed E-state index contributed by atoms with van der Waals surface area (Å²) in [7, 11) is 0. The van der Waals surface area contributed by atoms with Gasteiger partial charge in [-0.2, -0.15) is 13.2 Å². The van der Waals surface area contributed by atoms with E-state index in [1.807, 2.05) is 0 Å². The van der Waals surface area contributed by atoms with Crippen LogP contribution in [0.15, 0.2) is 6.07 Å². The Morgan fingerprint density at radius 2 is 2.30 bits per heavy atom. The van der Waals surface area contributed by atoms with Gasteiger partial charge in [0.1, 0.15) is 10.5 Å². The quantitative estimate of drug-likeness (QED) is 0.744. The summed E-state index contributed by atoms with van der Waals surface area (Å²) >= 11 is 0.814. The molecule has 1 N–H and O–H groups in total. The molecule has 0 aromatic carbocycles. The Hall–Kier alpha value is -1.03. The van der Waals surface area contributed by atoms with E-state index in [1.165, 1.54) is 6.07 Å². The molecule has 6 heteroatoms. The van der Waals surface area contributed by atoms with Gasteiger partial charge in [0.15, 0.2) is 0 Å². The van der Waals surface area contributed by atoms with Crippen molar-refractivity contribution >= 4 is 11.3 Å². The van der Waals surface area contributed by atoms with Crippen molar-refractivity contribution in [3.05, 3.63) is 21.4 Å². The summed E-state index contributed by atoms with van der Waals surface area (Å²) in [6.07, 6.45) is 2.89. The molecule has 0 amide bonds. The van der Waals surface area contributed by atoms with Crippen LogP contribution in [0.1, 0.15) is 28.2 Å². The summed E-state index contributed by atoms with van der Waals surface area (Å²) in [5.41, 5.74) is 0.135. The molecule has 0 bridgehead atoms. The van der Waals surface area contributed by atoms with Crippen LogP contribution in [-0.4, -0.2) is 19.2 Å². The first-order valence-corrected chi connectivity index (χ1v) is 7.30. The maximum Gasteiger partial charge on any atom is 0.425 e. The fourth-order valence-electron chi connectivity index (χ4n) is 2.97. The molecule has 0 aliphatic carbocycles. The third kappa shape index (κ3) is 2.24. The van der Waals surface area contributed by atoms with Gasteiger partial charge in [0.25, 0.3) is 0 Å². The summed E-state index contributed by atoms with van der Waals surface area (Å²) in [6.45, 7) is 1.12. The average molecular weight is 301 g/mol. The van der Waals surface area contributed by atoms with Gasteiger partial charge in [0.05, 0.1) is 12.6 Å². The minimum absolute atomic E-state index is 0.147. The molecule has 2 nitrogen and oxygen atoms in total. The van der Waals surface area contributed by atoms with Gasteiger partial charge < -0.3 is 10.1 Å². The number of thiophene rings is 1. The lowest BCUT2D eigenvalue weighted by Crippen LogP contribution is -2.48. The molecule has 3 rings (SSSR count). The largest absolute Gasteiger partial charge is 0.425 e. The Kier molecular flexibility index (Phi) is 3.32. The highest BCUT2D eigenvalue weighted by Crippen LogP contribution is 2.48. The molecule has 2 aliphatic rings. The Labute approximate surface area is 119 Å². The Morgan fingerprint density at radius 1 is 1.50 bits per heavy atom. The van der Waals surface area contributed by atoms with Crippen LogP contribution in [0.5, 0.6) is 0 Å². The molecule has 1 aromatic heterocycles. The summed E-state index contributed by atoms with van der Waals surface area (Å²) in [6, 6.07) is 1.13. The van der Waals surface area contributed by atoms with Gasteiger partial charge in [-0.15, -0.1) is 17.8 Å². The second-order valence-electron chi connectivity index (χ2n) is 5.18. The molecule has 3 heterocycles. The molecule has 1 saturated heterocycles. The zero-order chi connectivity index (χ0) is 14.4. The van der Waals surface area contributed by atoms with Crippen molar-refractivity contribution in [1.82, 2.24) is 5.32 Å². The second-order valence-corrected chi connectivity index (χ2v) is 6.24. The van der Waals surface area contributed by atoms with Crippen molar-refractivity contribution < 1.29 is 17.9 Å². The lowest BCUT2D eigenvalue weighted by molar-refractivity contribution is -0.134. The fourth-order valence-corrected chi connectivity index (χ4v) is 4.23. The van der Waals surface area contributed by atoms with E-state index in [4.69, 9.17) is 11.2 Å². The van der Waals surface area contributed by atoms with E-state index >= 15 is 0 Å². The topological polar surface area (TPSA) is 21.3 Å². The maximum absolute atomic E-state index is 12.9. The lowest BCUT2D eigenvalue weighted by Gasteiger charge is -2.42. The van der Waals surface area contributed by atoms with E-state index in [0.717, 1.165) is 21.8 Å². The zero-order valence-electron chi connectivity index (χ0n) is 10.7. The standard InChI is InChI=1S/C14H14F3NOS/c1-2-10-8-13(4-5-18-10)12-9(3-6-19-13)7-11(20-12)14(15,16)17/h1,7,10,18H,3-6,8H2/t10?,13-/m0/s1. The molecule has 1 fully saturated rings. The fraction of sp³-hybridized carbons (Fsp3) is 0.571. The third-order valence-corrected chi connectivity index (χ3v) is 5.31. The third-order valence-electron chi connectivity index (χ3n) is 3.91. The number of nitrogens with one attached hydrogen (secondary N) is 1. The highest BCUT2D eigenvalue weighted by atomic mass is 32.1.